The van der Waals surface area contributed by atoms with Gasteiger partial charge in [0.25, 0.3) is 0 Å². The predicted molar refractivity (Wildman–Crippen MR) is 168 cm³/mol. The fraction of sp³-hybridized carbons (Fsp3) is 0.206. The Morgan fingerprint density at radius 1 is 0.773 bits per heavy atom. The van der Waals surface area contributed by atoms with Gasteiger partial charge in [-0.3, -0.25) is 14.5 Å². The van der Waals surface area contributed by atoms with Gasteiger partial charge in [-0.05, 0) is 46.5 Å². The van der Waals surface area contributed by atoms with Gasteiger partial charge in [-0.2, -0.15) is 0 Å². The fourth-order valence-corrected chi connectivity index (χ4v) is 5.27. The number of carboxylic acid groups (broad SMARTS) is 1. The summed E-state index contributed by atoms with van der Waals surface area (Å²) in [4.78, 5) is 41.3. The summed E-state index contributed by atoms with van der Waals surface area (Å²) >= 11 is 0. The first-order valence-electron chi connectivity index (χ1n) is 14.0. The summed E-state index contributed by atoms with van der Waals surface area (Å²) < 4.78 is 18.7. The van der Waals surface area contributed by atoms with Crippen LogP contribution in [0.15, 0.2) is 103 Å². The molecule has 1 aliphatic rings. The quantitative estimate of drug-likeness (QED) is 0.260. The number of nitrogens with one attached hydrogen (secondary N) is 1. The molecule has 2 N–H and O–H groups in total. The molecule has 5 rings (SSSR count). The van der Waals surface area contributed by atoms with E-state index < -0.39 is 24.3 Å². The van der Waals surface area contributed by atoms with Gasteiger partial charge in [-0.15, -0.1) is 0 Å². The van der Waals surface area contributed by atoms with Crippen molar-refractivity contribution in [2.75, 3.05) is 44.7 Å². The summed E-state index contributed by atoms with van der Waals surface area (Å²) in [5.41, 5.74) is 3.57. The molecule has 222 valence electrons. The zero-order valence-corrected chi connectivity index (χ0v) is 23.5. The van der Waals surface area contributed by atoms with Crippen molar-refractivity contribution in [2.24, 2.45) is 0 Å². The maximum atomic E-state index is 13.3. The van der Waals surface area contributed by atoms with Gasteiger partial charge in [0.2, 0.25) is 11.8 Å². The number of ether oxygens (including phenoxy) is 1. The van der Waals surface area contributed by atoms with Gasteiger partial charge >= 0.3 is 35.5 Å². The molecule has 1 fully saturated rings. The first-order chi connectivity index (χ1) is 20.9. The monoisotopic (exact) mass is 605 g/mol. The van der Waals surface area contributed by atoms with Gasteiger partial charge in [-0.25, -0.2) is 9.18 Å². The minimum absolute atomic E-state index is 0. The van der Waals surface area contributed by atoms with Crippen molar-refractivity contribution in [2.45, 2.75) is 6.04 Å². The minimum atomic E-state index is -1.23. The second-order valence-corrected chi connectivity index (χ2v) is 10.3. The van der Waals surface area contributed by atoms with E-state index in [0.717, 1.165) is 0 Å². The van der Waals surface area contributed by atoms with E-state index in [1.165, 1.54) is 35.4 Å². The molecule has 0 aromatic heterocycles. The molecule has 1 saturated heterocycles. The number of piperazine rings is 1. The van der Waals surface area contributed by atoms with E-state index in [9.17, 15) is 23.9 Å². The summed E-state index contributed by atoms with van der Waals surface area (Å²) in [7, 11) is 0. The second-order valence-electron chi connectivity index (χ2n) is 10.3. The Kier molecular flexibility index (Phi) is 11.8. The summed E-state index contributed by atoms with van der Waals surface area (Å²) in [5.74, 6) is -2.41. The van der Waals surface area contributed by atoms with E-state index in [1.807, 2.05) is 36.4 Å². The van der Waals surface area contributed by atoms with Crippen LogP contribution < -0.4 is 5.32 Å². The van der Waals surface area contributed by atoms with Crippen LogP contribution in [0.5, 0.6) is 0 Å². The Labute approximate surface area is 277 Å². The third-order valence-corrected chi connectivity index (χ3v) is 7.42. The third-order valence-electron chi connectivity index (χ3n) is 7.42. The summed E-state index contributed by atoms with van der Waals surface area (Å²) in [5, 5.41) is 12.2. The first-order valence-corrected chi connectivity index (χ1v) is 14.0. The van der Waals surface area contributed by atoms with Crippen LogP contribution in [0.3, 0.4) is 0 Å². The average Bonchev–Trinajstić information content (AvgIpc) is 3.03. The zero-order valence-electron chi connectivity index (χ0n) is 23.5. The number of amides is 2. The van der Waals surface area contributed by atoms with Crippen molar-refractivity contribution >= 4 is 53.0 Å². The Morgan fingerprint density at radius 2 is 1.34 bits per heavy atom. The van der Waals surface area contributed by atoms with Crippen molar-refractivity contribution < 1.29 is 28.6 Å². The Hall–Kier alpha value is -3.86. The molecule has 0 unspecified atom stereocenters. The van der Waals surface area contributed by atoms with Crippen molar-refractivity contribution in [1.29, 1.82) is 0 Å². The molecule has 4 aromatic carbocycles. The van der Waals surface area contributed by atoms with Crippen molar-refractivity contribution in [1.82, 2.24) is 9.80 Å². The van der Waals surface area contributed by atoms with E-state index >= 15 is 0 Å². The molecule has 0 atom stereocenters. The normalized spacial score (nSPS) is 13.3. The van der Waals surface area contributed by atoms with Crippen LogP contribution in [0.2, 0.25) is 0 Å². The molecule has 0 radical (unpaired) electrons. The Bertz CT molecular complexity index is 1520. The molecule has 0 bridgehead atoms. The Morgan fingerprint density at radius 3 is 1.91 bits per heavy atom. The topological polar surface area (TPSA) is 99.2 Å². The average molecular weight is 606 g/mol. The summed E-state index contributed by atoms with van der Waals surface area (Å²) in [6.07, 6.45) is 0. The van der Waals surface area contributed by atoms with E-state index in [4.69, 9.17) is 4.74 Å². The summed E-state index contributed by atoms with van der Waals surface area (Å²) in [6, 6.07) is 30.9. The van der Waals surface area contributed by atoms with Crippen LogP contribution in [0, 0.1) is 5.82 Å². The van der Waals surface area contributed by atoms with Crippen LogP contribution in [0.25, 0.3) is 11.1 Å². The third kappa shape index (κ3) is 8.40. The molecule has 1 aliphatic heterocycles. The summed E-state index contributed by atoms with van der Waals surface area (Å²) in [6.45, 7) is 1.77. The van der Waals surface area contributed by atoms with Gasteiger partial charge in [0.15, 0.2) is 0 Å². The number of carboxylic acids is 1. The van der Waals surface area contributed by atoms with Crippen LogP contribution >= 0.6 is 0 Å². The van der Waals surface area contributed by atoms with Crippen LogP contribution in [-0.2, 0) is 14.3 Å². The molecule has 0 saturated carbocycles. The van der Waals surface area contributed by atoms with Crippen molar-refractivity contribution in [3.05, 3.63) is 126 Å². The van der Waals surface area contributed by atoms with E-state index in [2.05, 4.69) is 34.5 Å². The predicted octanol–water partition coefficient (Wildman–Crippen LogP) is 4.43. The number of hydrogen-bond donors (Lipinski definition) is 2. The number of aromatic carboxylic acids is 1. The van der Waals surface area contributed by atoms with E-state index in [-0.39, 0.29) is 59.4 Å². The van der Waals surface area contributed by atoms with E-state index in [1.54, 1.807) is 23.1 Å². The van der Waals surface area contributed by atoms with E-state index in [0.29, 0.717) is 37.3 Å². The van der Waals surface area contributed by atoms with Gasteiger partial charge in [0.05, 0.1) is 17.3 Å². The SMILES string of the molecule is O=C(COCC(=O)N1CCN(C(c2ccccc2)c2ccccc2)CC1)Nc1ccc(-c2ccc(F)cc2)cc1C(=O)O.[NaH]. The molecule has 8 nitrogen and oxygen atoms in total. The Balaban J connectivity index is 0.00000442. The molecular weight excluding hydrogens is 572 g/mol. The second kappa shape index (κ2) is 15.7. The molecule has 2 amide bonds. The molecule has 44 heavy (non-hydrogen) atoms. The van der Waals surface area contributed by atoms with Crippen LogP contribution in [0.1, 0.15) is 27.5 Å². The molecule has 4 aromatic rings. The number of anilines is 1. The number of carbonyl (C=O) groups is 3. The fourth-order valence-electron chi connectivity index (χ4n) is 5.27. The number of carbonyl (C=O) groups excluding carboxylic acids is 2. The van der Waals surface area contributed by atoms with Crippen molar-refractivity contribution in [3.8, 4) is 11.1 Å². The van der Waals surface area contributed by atoms with Gasteiger partial charge in [0.1, 0.15) is 19.0 Å². The van der Waals surface area contributed by atoms with Crippen LogP contribution in [-0.4, -0.2) is 102 Å². The molecule has 1 heterocycles. The van der Waals surface area contributed by atoms with Crippen LogP contribution in [0.4, 0.5) is 10.1 Å². The number of benzene rings is 4. The molecular formula is C34H33FN3NaO5. The number of hydrogen-bond acceptors (Lipinski definition) is 5. The maximum absolute atomic E-state index is 13.3. The zero-order chi connectivity index (χ0) is 30.2. The van der Waals surface area contributed by atoms with Gasteiger partial charge in [-0.1, -0.05) is 78.9 Å². The number of nitrogens with zero attached hydrogens (tertiary/aromatic N) is 2. The molecule has 0 spiro atoms. The first kappa shape index (κ1) is 33.0. The van der Waals surface area contributed by atoms with Gasteiger partial charge in [0, 0.05) is 26.2 Å². The number of halogens is 1. The molecule has 0 aliphatic carbocycles. The van der Waals surface area contributed by atoms with Gasteiger partial charge < -0.3 is 20.1 Å². The molecule has 10 heteroatoms. The van der Waals surface area contributed by atoms with Crippen molar-refractivity contribution in [3.63, 3.8) is 0 Å². The number of rotatable bonds is 10. The standard InChI is InChI=1S/C34H32FN3O5.Na.H/c35-28-14-11-24(12-15-28)27-13-16-30(29(21-27)34(41)42)36-31(39)22-43-23-32(40)37-17-19-38(20-18-37)33(25-7-3-1-4-8-25)26-9-5-2-6-10-26;;/h1-16,21,33H,17-20,22-23H2,(H,36,39)(H,41,42);;.